The van der Waals surface area contributed by atoms with Gasteiger partial charge in [-0.1, -0.05) is 13.5 Å². The Morgan fingerprint density at radius 3 is 2.31 bits per heavy atom. The summed E-state index contributed by atoms with van der Waals surface area (Å²) in [6.07, 6.45) is -0.234. The van der Waals surface area contributed by atoms with Gasteiger partial charge in [-0.05, 0) is 20.3 Å². The summed E-state index contributed by atoms with van der Waals surface area (Å²) < 4.78 is 9.78. The highest BCUT2D eigenvalue weighted by atomic mass is 16.6. The fourth-order valence-electron chi connectivity index (χ4n) is 1.04. The van der Waals surface area contributed by atoms with Crippen molar-refractivity contribution in [3.8, 4) is 0 Å². The molecule has 0 amide bonds. The van der Waals surface area contributed by atoms with E-state index in [0.717, 1.165) is 0 Å². The van der Waals surface area contributed by atoms with Crippen LogP contribution >= 0.6 is 0 Å². The number of hydrogen-bond donors (Lipinski definition) is 1. The van der Waals surface area contributed by atoms with Crippen LogP contribution in [0, 0.1) is 0 Å². The molecule has 0 rings (SSSR count). The fraction of sp³-hybridized carbons (Fsp3) is 0.636. The fourth-order valence-corrected chi connectivity index (χ4v) is 1.04. The van der Waals surface area contributed by atoms with Crippen LogP contribution in [0.2, 0.25) is 0 Å². The summed E-state index contributed by atoms with van der Waals surface area (Å²) in [5, 5.41) is 0. The Morgan fingerprint density at radius 1 is 1.38 bits per heavy atom. The standard InChI is InChI=1S/C11H19NO4/c1-5-8(16-10(13)7(3)4)9(12)11(14)15-6-2/h8-9H,3,5-6,12H2,1-2,4H3. The summed E-state index contributed by atoms with van der Waals surface area (Å²) in [5.41, 5.74) is 5.90. The summed E-state index contributed by atoms with van der Waals surface area (Å²) in [7, 11) is 0. The molecule has 0 aliphatic heterocycles. The second-order valence-corrected chi connectivity index (χ2v) is 3.41. The molecule has 0 aliphatic carbocycles. The van der Waals surface area contributed by atoms with Crippen molar-refractivity contribution in [2.24, 2.45) is 5.73 Å². The van der Waals surface area contributed by atoms with Crippen molar-refractivity contribution >= 4 is 11.9 Å². The van der Waals surface area contributed by atoms with Gasteiger partial charge in [0.2, 0.25) is 0 Å². The van der Waals surface area contributed by atoms with Gasteiger partial charge in [0.15, 0.2) is 0 Å². The lowest BCUT2D eigenvalue weighted by molar-refractivity contribution is -0.154. The van der Waals surface area contributed by atoms with Crippen LogP contribution in [-0.4, -0.2) is 30.7 Å². The molecule has 92 valence electrons. The van der Waals surface area contributed by atoms with Gasteiger partial charge >= 0.3 is 11.9 Å². The van der Waals surface area contributed by atoms with Gasteiger partial charge in [0.1, 0.15) is 12.1 Å². The Labute approximate surface area is 95.6 Å². The average molecular weight is 229 g/mol. The Balaban J connectivity index is 4.43. The lowest BCUT2D eigenvalue weighted by Crippen LogP contribution is -2.45. The first-order valence-electron chi connectivity index (χ1n) is 5.22. The molecule has 2 atom stereocenters. The Morgan fingerprint density at radius 2 is 1.94 bits per heavy atom. The molecule has 0 spiro atoms. The van der Waals surface area contributed by atoms with Crippen molar-refractivity contribution in [3.63, 3.8) is 0 Å². The lowest BCUT2D eigenvalue weighted by Gasteiger charge is -2.21. The summed E-state index contributed by atoms with van der Waals surface area (Å²) >= 11 is 0. The zero-order valence-electron chi connectivity index (χ0n) is 9.99. The minimum absolute atomic E-state index is 0.247. The van der Waals surface area contributed by atoms with Crippen molar-refractivity contribution < 1.29 is 19.1 Å². The monoisotopic (exact) mass is 229 g/mol. The third-order valence-corrected chi connectivity index (χ3v) is 1.97. The number of nitrogens with two attached hydrogens (primary N) is 1. The molecular weight excluding hydrogens is 210 g/mol. The lowest BCUT2D eigenvalue weighted by atomic mass is 10.1. The maximum Gasteiger partial charge on any atom is 0.333 e. The average Bonchev–Trinajstić information content (AvgIpc) is 2.24. The third-order valence-electron chi connectivity index (χ3n) is 1.97. The minimum atomic E-state index is -0.951. The largest absolute Gasteiger partial charge is 0.465 e. The van der Waals surface area contributed by atoms with Crippen LogP contribution in [0.5, 0.6) is 0 Å². The van der Waals surface area contributed by atoms with Crippen molar-refractivity contribution in [1.82, 2.24) is 0 Å². The van der Waals surface area contributed by atoms with E-state index in [1.807, 2.05) is 0 Å². The van der Waals surface area contributed by atoms with Gasteiger partial charge in [-0.25, -0.2) is 4.79 Å². The first-order valence-corrected chi connectivity index (χ1v) is 5.22. The van der Waals surface area contributed by atoms with Crippen LogP contribution in [0.15, 0.2) is 12.2 Å². The number of carbonyl (C=O) groups is 2. The van der Waals surface area contributed by atoms with Crippen LogP contribution < -0.4 is 5.73 Å². The molecule has 16 heavy (non-hydrogen) atoms. The van der Waals surface area contributed by atoms with E-state index in [9.17, 15) is 9.59 Å². The number of rotatable bonds is 6. The number of ether oxygens (including phenoxy) is 2. The van der Waals surface area contributed by atoms with Gasteiger partial charge in [-0.2, -0.15) is 0 Å². The zero-order valence-corrected chi connectivity index (χ0v) is 9.99. The van der Waals surface area contributed by atoms with Gasteiger partial charge in [0, 0.05) is 5.57 Å². The van der Waals surface area contributed by atoms with E-state index in [4.69, 9.17) is 15.2 Å². The topological polar surface area (TPSA) is 78.6 Å². The molecule has 0 radical (unpaired) electrons. The molecule has 0 aromatic carbocycles. The highest BCUT2D eigenvalue weighted by Gasteiger charge is 2.27. The molecule has 0 saturated heterocycles. The van der Waals surface area contributed by atoms with E-state index in [1.165, 1.54) is 6.92 Å². The molecule has 5 heteroatoms. The van der Waals surface area contributed by atoms with E-state index >= 15 is 0 Å². The summed E-state index contributed by atoms with van der Waals surface area (Å²) in [5.74, 6) is -1.12. The summed E-state index contributed by atoms with van der Waals surface area (Å²) in [6.45, 7) is 8.69. The SMILES string of the molecule is C=C(C)C(=O)OC(CC)C(N)C(=O)OCC. The molecule has 0 aromatic heterocycles. The van der Waals surface area contributed by atoms with Gasteiger partial charge in [-0.3, -0.25) is 4.79 Å². The van der Waals surface area contributed by atoms with Gasteiger partial charge < -0.3 is 15.2 Å². The highest BCUT2D eigenvalue weighted by Crippen LogP contribution is 2.07. The molecule has 2 unspecified atom stereocenters. The predicted octanol–water partition coefficient (Wildman–Crippen LogP) is 0.775. The zero-order chi connectivity index (χ0) is 12.7. The van der Waals surface area contributed by atoms with Crippen LogP contribution in [0.3, 0.4) is 0 Å². The van der Waals surface area contributed by atoms with Crippen molar-refractivity contribution in [2.45, 2.75) is 39.3 Å². The summed E-state index contributed by atoms with van der Waals surface area (Å²) in [4.78, 5) is 22.6. The number of carbonyl (C=O) groups excluding carboxylic acids is 2. The van der Waals surface area contributed by atoms with Crippen molar-refractivity contribution in [2.75, 3.05) is 6.61 Å². The molecule has 0 aliphatic rings. The van der Waals surface area contributed by atoms with Crippen LogP contribution in [-0.2, 0) is 19.1 Å². The number of esters is 2. The maximum absolute atomic E-state index is 11.3. The van der Waals surface area contributed by atoms with Crippen molar-refractivity contribution in [3.05, 3.63) is 12.2 Å². The van der Waals surface area contributed by atoms with E-state index in [-0.39, 0.29) is 12.2 Å². The van der Waals surface area contributed by atoms with E-state index < -0.39 is 24.1 Å². The highest BCUT2D eigenvalue weighted by molar-refractivity contribution is 5.87. The first-order chi connectivity index (χ1) is 7.43. The van der Waals surface area contributed by atoms with Gasteiger partial charge in [0.25, 0.3) is 0 Å². The normalized spacial score (nSPS) is 13.8. The van der Waals surface area contributed by atoms with Crippen LogP contribution in [0.1, 0.15) is 27.2 Å². The van der Waals surface area contributed by atoms with Crippen LogP contribution in [0.25, 0.3) is 0 Å². The van der Waals surface area contributed by atoms with Crippen LogP contribution in [0.4, 0.5) is 0 Å². The number of hydrogen-bond acceptors (Lipinski definition) is 5. The van der Waals surface area contributed by atoms with Gasteiger partial charge in [-0.15, -0.1) is 0 Å². The molecule has 0 bridgehead atoms. The Kier molecular flexibility index (Phi) is 6.41. The minimum Gasteiger partial charge on any atom is -0.465 e. The van der Waals surface area contributed by atoms with E-state index in [1.54, 1.807) is 13.8 Å². The van der Waals surface area contributed by atoms with E-state index in [2.05, 4.69) is 6.58 Å². The van der Waals surface area contributed by atoms with Crippen molar-refractivity contribution in [1.29, 1.82) is 0 Å². The third kappa shape index (κ3) is 4.44. The molecule has 0 aromatic rings. The second kappa shape index (κ2) is 7.00. The predicted molar refractivity (Wildman–Crippen MR) is 59.6 cm³/mol. The molecule has 0 heterocycles. The Bertz CT molecular complexity index is 275. The molecule has 5 nitrogen and oxygen atoms in total. The second-order valence-electron chi connectivity index (χ2n) is 3.41. The van der Waals surface area contributed by atoms with Gasteiger partial charge in [0.05, 0.1) is 6.61 Å². The molecule has 0 saturated carbocycles. The Hall–Kier alpha value is -1.36. The quantitative estimate of drug-likeness (QED) is 0.537. The summed E-state index contributed by atoms with van der Waals surface area (Å²) in [6, 6.07) is -0.951. The first kappa shape index (κ1) is 14.6. The maximum atomic E-state index is 11.3. The smallest absolute Gasteiger partial charge is 0.333 e. The molecule has 0 fully saturated rings. The molecular formula is C11H19NO4. The van der Waals surface area contributed by atoms with E-state index in [0.29, 0.717) is 6.42 Å². The molecule has 2 N–H and O–H groups in total.